The zero-order chi connectivity index (χ0) is 16.1. The number of nitrogens with one attached hydrogen (secondary N) is 1. The number of hydrogen-bond acceptors (Lipinski definition) is 2. The van der Waals surface area contributed by atoms with E-state index in [1.165, 1.54) is 21.1 Å². The minimum absolute atomic E-state index is 0.312. The Hall–Kier alpha value is -1.56. The Morgan fingerprint density at radius 3 is 2.87 bits per heavy atom. The number of hydrogen-bond donors (Lipinski definition) is 1. The number of fused-ring (bicyclic) bond motifs is 1. The second kappa shape index (κ2) is 7.81. The second-order valence-corrected chi connectivity index (χ2v) is 7.12. The van der Waals surface area contributed by atoms with E-state index in [2.05, 4.69) is 46.1 Å². The van der Waals surface area contributed by atoms with Crippen LogP contribution in [0.3, 0.4) is 0 Å². The topological polar surface area (TPSA) is 38.3 Å². The zero-order valence-electron chi connectivity index (χ0n) is 12.9. The molecule has 1 amide bonds. The molecule has 0 heterocycles. The van der Waals surface area contributed by atoms with E-state index in [0.29, 0.717) is 19.1 Å². The number of aryl methyl sites for hydroxylation is 1. The fourth-order valence-electron chi connectivity index (χ4n) is 3.08. The van der Waals surface area contributed by atoms with E-state index in [-0.39, 0.29) is 6.09 Å². The number of carbonyl (C=O) groups is 1. The number of rotatable bonds is 4. The number of alkyl carbamates (subject to hydrolysis) is 1. The summed E-state index contributed by atoms with van der Waals surface area (Å²) in [7, 11) is 0. The van der Waals surface area contributed by atoms with Gasteiger partial charge in [-0.1, -0.05) is 36.4 Å². The molecule has 1 aliphatic carbocycles. The van der Waals surface area contributed by atoms with Crippen LogP contribution in [0.15, 0.2) is 48.5 Å². The molecule has 0 fully saturated rings. The molecule has 0 aliphatic heterocycles. The summed E-state index contributed by atoms with van der Waals surface area (Å²) in [4.78, 5) is 11.9. The summed E-state index contributed by atoms with van der Waals surface area (Å²) in [5.74, 6) is 0.389. The first kappa shape index (κ1) is 16.3. The Labute approximate surface area is 150 Å². The van der Waals surface area contributed by atoms with Crippen molar-refractivity contribution in [3.8, 4) is 0 Å². The fourth-order valence-corrected chi connectivity index (χ4v) is 3.63. The molecule has 0 spiro atoms. The molecular weight excluding hydrogens is 401 g/mol. The van der Waals surface area contributed by atoms with Crippen molar-refractivity contribution in [3.63, 3.8) is 0 Å². The molecule has 0 bridgehead atoms. The Balaban J connectivity index is 1.52. The van der Waals surface area contributed by atoms with Gasteiger partial charge >= 0.3 is 6.09 Å². The van der Waals surface area contributed by atoms with Gasteiger partial charge in [0.2, 0.25) is 0 Å². The molecule has 3 rings (SSSR count). The van der Waals surface area contributed by atoms with E-state index in [0.717, 1.165) is 18.4 Å². The normalized spacial score (nSPS) is 16.5. The van der Waals surface area contributed by atoms with Gasteiger partial charge in [-0.25, -0.2) is 4.79 Å². The lowest BCUT2D eigenvalue weighted by Crippen LogP contribution is -2.30. The highest BCUT2D eigenvalue weighted by molar-refractivity contribution is 14.1. The number of halogens is 1. The van der Waals surface area contributed by atoms with E-state index in [1.807, 2.05) is 30.3 Å². The van der Waals surface area contributed by atoms with Crippen molar-refractivity contribution in [2.75, 3.05) is 6.54 Å². The second-order valence-electron chi connectivity index (χ2n) is 5.87. The molecule has 1 aliphatic rings. The number of carbonyl (C=O) groups excluding carboxylic acids is 1. The van der Waals surface area contributed by atoms with Crippen molar-refractivity contribution in [1.29, 1.82) is 0 Å². The Morgan fingerprint density at radius 2 is 2.04 bits per heavy atom. The van der Waals surface area contributed by atoms with Gasteiger partial charge in [-0.05, 0) is 70.7 Å². The van der Waals surface area contributed by atoms with Crippen molar-refractivity contribution >= 4 is 28.7 Å². The van der Waals surface area contributed by atoms with Gasteiger partial charge in [0.25, 0.3) is 0 Å². The van der Waals surface area contributed by atoms with E-state index >= 15 is 0 Å². The van der Waals surface area contributed by atoms with Crippen molar-refractivity contribution in [2.24, 2.45) is 0 Å². The van der Waals surface area contributed by atoms with Crippen LogP contribution in [0, 0.1) is 3.57 Å². The fraction of sp³-hybridized carbons (Fsp3) is 0.316. The average Bonchev–Trinajstić information content (AvgIpc) is 2.58. The van der Waals surface area contributed by atoms with E-state index in [4.69, 9.17) is 4.74 Å². The van der Waals surface area contributed by atoms with Crippen molar-refractivity contribution in [1.82, 2.24) is 5.32 Å². The number of benzene rings is 2. The lowest BCUT2D eigenvalue weighted by atomic mass is 9.83. The predicted molar refractivity (Wildman–Crippen MR) is 99.5 cm³/mol. The molecule has 23 heavy (non-hydrogen) atoms. The molecule has 0 radical (unpaired) electrons. The quantitative estimate of drug-likeness (QED) is 0.731. The summed E-state index contributed by atoms with van der Waals surface area (Å²) in [6.45, 7) is 0.952. The van der Waals surface area contributed by atoms with E-state index in [9.17, 15) is 4.79 Å². The summed E-state index contributed by atoms with van der Waals surface area (Å²) in [5, 5.41) is 2.92. The summed E-state index contributed by atoms with van der Waals surface area (Å²) in [5.41, 5.74) is 3.80. The standard InChI is InChI=1S/C19H20INO2/c20-17-9-10-18-15(11-17)7-4-8-16(18)12-21-19(22)23-13-14-5-2-1-3-6-14/h1-3,5-6,9-11,16H,4,7-8,12-13H2,(H,21,22). The van der Waals surface area contributed by atoms with Gasteiger partial charge in [0.1, 0.15) is 6.61 Å². The first-order chi connectivity index (χ1) is 11.2. The average molecular weight is 421 g/mol. The van der Waals surface area contributed by atoms with Crippen LogP contribution in [-0.2, 0) is 17.8 Å². The third-order valence-corrected chi connectivity index (χ3v) is 4.92. The van der Waals surface area contributed by atoms with Gasteiger partial charge in [0.15, 0.2) is 0 Å². The van der Waals surface area contributed by atoms with Crippen LogP contribution in [0.4, 0.5) is 4.79 Å². The van der Waals surface area contributed by atoms with Crippen LogP contribution in [0.2, 0.25) is 0 Å². The number of ether oxygens (including phenoxy) is 1. The minimum Gasteiger partial charge on any atom is -0.445 e. The Morgan fingerprint density at radius 1 is 1.22 bits per heavy atom. The first-order valence-electron chi connectivity index (χ1n) is 7.95. The highest BCUT2D eigenvalue weighted by Crippen LogP contribution is 2.32. The lowest BCUT2D eigenvalue weighted by Gasteiger charge is -2.25. The predicted octanol–water partition coefficient (Wildman–Crippen LogP) is 4.64. The maximum absolute atomic E-state index is 11.9. The molecule has 0 saturated heterocycles. The molecule has 0 aromatic heterocycles. The van der Waals surface area contributed by atoms with Crippen LogP contribution in [0.25, 0.3) is 0 Å². The maximum atomic E-state index is 11.9. The third kappa shape index (κ3) is 4.47. The zero-order valence-corrected chi connectivity index (χ0v) is 15.1. The smallest absolute Gasteiger partial charge is 0.407 e. The summed E-state index contributed by atoms with van der Waals surface area (Å²) >= 11 is 2.35. The highest BCUT2D eigenvalue weighted by atomic mass is 127. The molecule has 1 unspecified atom stereocenters. The summed E-state index contributed by atoms with van der Waals surface area (Å²) < 4.78 is 6.55. The number of amides is 1. The largest absolute Gasteiger partial charge is 0.445 e. The summed E-state index contributed by atoms with van der Waals surface area (Å²) in [6, 6.07) is 16.3. The maximum Gasteiger partial charge on any atom is 0.407 e. The minimum atomic E-state index is -0.341. The first-order valence-corrected chi connectivity index (χ1v) is 9.03. The Bertz CT molecular complexity index is 672. The lowest BCUT2D eigenvalue weighted by molar-refractivity contribution is 0.139. The van der Waals surface area contributed by atoms with Gasteiger partial charge < -0.3 is 10.1 Å². The van der Waals surface area contributed by atoms with Gasteiger partial charge in [0.05, 0.1) is 0 Å². The molecule has 120 valence electrons. The van der Waals surface area contributed by atoms with E-state index in [1.54, 1.807) is 0 Å². The molecule has 1 N–H and O–H groups in total. The van der Waals surface area contributed by atoms with Crippen molar-refractivity contribution in [3.05, 3.63) is 68.8 Å². The van der Waals surface area contributed by atoms with Gasteiger partial charge in [0, 0.05) is 16.0 Å². The monoisotopic (exact) mass is 421 g/mol. The Kier molecular flexibility index (Phi) is 5.54. The third-order valence-electron chi connectivity index (χ3n) is 4.25. The van der Waals surface area contributed by atoms with Gasteiger partial charge in [-0.15, -0.1) is 0 Å². The molecular formula is C19H20INO2. The van der Waals surface area contributed by atoms with Crippen LogP contribution in [-0.4, -0.2) is 12.6 Å². The van der Waals surface area contributed by atoms with Crippen molar-refractivity contribution in [2.45, 2.75) is 31.8 Å². The van der Waals surface area contributed by atoms with Crippen LogP contribution < -0.4 is 5.32 Å². The van der Waals surface area contributed by atoms with Crippen LogP contribution in [0.1, 0.15) is 35.4 Å². The highest BCUT2D eigenvalue weighted by Gasteiger charge is 2.21. The van der Waals surface area contributed by atoms with Gasteiger partial charge in [-0.2, -0.15) is 0 Å². The molecule has 3 nitrogen and oxygen atoms in total. The molecule has 4 heteroatoms. The van der Waals surface area contributed by atoms with Crippen LogP contribution >= 0.6 is 22.6 Å². The molecule has 0 saturated carbocycles. The van der Waals surface area contributed by atoms with Crippen LogP contribution in [0.5, 0.6) is 0 Å². The summed E-state index contributed by atoms with van der Waals surface area (Å²) in [6.07, 6.45) is 3.10. The molecule has 2 aromatic rings. The van der Waals surface area contributed by atoms with Gasteiger partial charge in [-0.3, -0.25) is 0 Å². The van der Waals surface area contributed by atoms with Crippen molar-refractivity contribution < 1.29 is 9.53 Å². The molecule has 1 atom stereocenters. The van der Waals surface area contributed by atoms with E-state index < -0.39 is 0 Å². The SMILES string of the molecule is O=C(NCC1CCCc2cc(I)ccc21)OCc1ccccc1. The molecule has 2 aromatic carbocycles.